The van der Waals surface area contributed by atoms with Gasteiger partial charge in [0.2, 0.25) is 0 Å². The Bertz CT molecular complexity index is 53.7. The van der Waals surface area contributed by atoms with Crippen LogP contribution >= 0.6 is 7.82 Å². The van der Waals surface area contributed by atoms with Gasteiger partial charge in [-0.2, -0.15) is 0 Å². The van der Waals surface area contributed by atoms with Gasteiger partial charge < -0.3 is 20.8 Å². The summed E-state index contributed by atoms with van der Waals surface area (Å²) in [5, 5.41) is 0. The van der Waals surface area contributed by atoms with E-state index in [4.69, 9.17) is 19.2 Å². The predicted molar refractivity (Wildman–Crippen MR) is 19.3 cm³/mol. The van der Waals surface area contributed by atoms with Crippen molar-refractivity contribution < 1.29 is 19.2 Å². The Labute approximate surface area is 34.4 Å². The highest BCUT2D eigenvalue weighted by atomic mass is 31.2. The van der Waals surface area contributed by atoms with Crippen LogP contribution in [0, 0.1) is 0 Å². The molecule has 0 amide bonds. The lowest BCUT2D eigenvalue weighted by atomic mass is 15.0. The van der Waals surface area contributed by atoms with Crippen molar-refractivity contribution >= 4 is 7.82 Å². The first kappa shape index (κ1) is 9.42. The molecule has 0 atom stereocenters. The quantitative estimate of drug-likeness (QED) is 0.245. The summed E-state index contributed by atoms with van der Waals surface area (Å²) in [6.07, 6.45) is 0. The fourth-order valence-electron chi connectivity index (χ4n) is 0. The molecule has 6 N–H and O–H groups in total. The molecule has 0 aromatic carbocycles. The Morgan fingerprint density at radius 1 is 1.17 bits per heavy atom. The average Bonchev–Trinajstić information content (AvgIpc) is 0.722. The molecule has 0 bridgehead atoms. The zero-order valence-electron chi connectivity index (χ0n) is 2.90. The summed E-state index contributed by atoms with van der Waals surface area (Å²) >= 11 is 0. The van der Waals surface area contributed by atoms with Crippen molar-refractivity contribution in [1.82, 2.24) is 6.15 Å². The average molecular weight is 116 g/mol. The maximum atomic E-state index is 8.88. The van der Waals surface area contributed by atoms with E-state index >= 15 is 0 Å². The van der Waals surface area contributed by atoms with Gasteiger partial charge in [-0.1, -0.05) is 0 Å². The summed E-state index contributed by atoms with van der Waals surface area (Å²) in [5.41, 5.74) is 0. The summed E-state index contributed by atoms with van der Waals surface area (Å²) in [6, 6.07) is 0. The molecule has 0 aromatic rings. The lowest BCUT2D eigenvalue weighted by Crippen LogP contribution is -1.66. The molecular weight excluding hydrogens is 110 g/mol. The van der Waals surface area contributed by atoms with E-state index in [2.05, 4.69) is 0 Å². The van der Waals surface area contributed by atoms with E-state index in [0.717, 1.165) is 0 Å². The topological polar surface area (TPSA) is 113 Å². The number of phosphoric acid groups is 1. The van der Waals surface area contributed by atoms with Crippen LogP contribution in [0.5, 0.6) is 0 Å². The van der Waals surface area contributed by atoms with Gasteiger partial charge in [-0.25, -0.2) is 4.57 Å². The third kappa shape index (κ3) is 7830. The molecule has 0 aliphatic rings. The standard InChI is InChI=1S/H3N.H3O4P/c;1-5(2,3)4/h1H3;(H3,1,2,3,4)/i1+1;. The molecule has 0 aliphatic carbocycles. The van der Waals surface area contributed by atoms with Gasteiger partial charge in [-0.3, -0.25) is 0 Å². The van der Waals surface area contributed by atoms with Gasteiger partial charge in [0.05, 0.1) is 0 Å². The molecule has 40 valence electrons. The van der Waals surface area contributed by atoms with Gasteiger partial charge in [0, 0.05) is 0 Å². The van der Waals surface area contributed by atoms with Crippen LogP contribution in [0.1, 0.15) is 0 Å². The molecule has 6 heavy (non-hydrogen) atoms. The van der Waals surface area contributed by atoms with E-state index in [1.165, 1.54) is 0 Å². The lowest BCUT2D eigenvalue weighted by Gasteiger charge is -1.82. The van der Waals surface area contributed by atoms with E-state index < -0.39 is 7.82 Å². The Morgan fingerprint density at radius 2 is 1.17 bits per heavy atom. The molecular formula is H6NO4P. The fourth-order valence-corrected chi connectivity index (χ4v) is 0. The first-order chi connectivity index (χ1) is 2.00. The predicted octanol–water partition coefficient (Wildman–Crippen LogP) is -0.767. The number of hydrogen-bond acceptors (Lipinski definition) is 2. The van der Waals surface area contributed by atoms with Crippen LogP contribution in [0.25, 0.3) is 0 Å². The van der Waals surface area contributed by atoms with Gasteiger partial charge >= 0.3 is 7.82 Å². The van der Waals surface area contributed by atoms with E-state index in [9.17, 15) is 0 Å². The Morgan fingerprint density at radius 3 is 1.17 bits per heavy atom. The van der Waals surface area contributed by atoms with Crippen LogP contribution in [-0.4, -0.2) is 14.7 Å². The van der Waals surface area contributed by atoms with Crippen LogP contribution in [-0.2, 0) is 4.57 Å². The fraction of sp³-hybridized carbons (Fsp3) is 0. The summed E-state index contributed by atoms with van der Waals surface area (Å²) in [4.78, 5) is 21.6. The van der Waals surface area contributed by atoms with Crippen LogP contribution in [0.3, 0.4) is 0 Å². The molecule has 0 fully saturated rings. The van der Waals surface area contributed by atoms with Crippen molar-refractivity contribution in [1.29, 1.82) is 0 Å². The minimum absolute atomic E-state index is 0. The molecule has 0 saturated heterocycles. The highest BCUT2D eigenvalue weighted by Crippen LogP contribution is 2.25. The molecule has 0 spiro atoms. The normalized spacial score (nSPS) is 9.83. The van der Waals surface area contributed by atoms with Crippen molar-refractivity contribution in [3.8, 4) is 0 Å². The number of hydrogen-bond donors (Lipinski definition) is 4. The molecule has 0 radical (unpaired) electrons. The minimum Gasteiger partial charge on any atom is -0.344 e. The Kier molecular flexibility index (Phi) is 3.58. The van der Waals surface area contributed by atoms with Gasteiger partial charge in [0.1, 0.15) is 0 Å². The molecule has 0 heterocycles. The molecule has 0 saturated carbocycles. The highest BCUT2D eigenvalue weighted by Gasteiger charge is 2.00. The van der Waals surface area contributed by atoms with Gasteiger partial charge in [0.15, 0.2) is 0 Å². The van der Waals surface area contributed by atoms with Gasteiger partial charge in [0.25, 0.3) is 0 Å². The Hall–Kier alpha value is 0.0700. The van der Waals surface area contributed by atoms with E-state index in [1.807, 2.05) is 0 Å². The van der Waals surface area contributed by atoms with Crippen molar-refractivity contribution in [2.75, 3.05) is 0 Å². The van der Waals surface area contributed by atoms with Crippen LogP contribution in [0.2, 0.25) is 0 Å². The second-order valence-corrected chi connectivity index (χ2v) is 1.54. The third-order valence-corrected chi connectivity index (χ3v) is 0. The zero-order valence-corrected chi connectivity index (χ0v) is 3.80. The largest absolute Gasteiger partial charge is 0.466 e. The van der Waals surface area contributed by atoms with Crippen molar-refractivity contribution in [2.45, 2.75) is 0 Å². The van der Waals surface area contributed by atoms with E-state index in [0.29, 0.717) is 0 Å². The first-order valence-electron chi connectivity index (χ1n) is 0.783. The van der Waals surface area contributed by atoms with Gasteiger partial charge in [-0.05, 0) is 0 Å². The molecule has 0 rings (SSSR count). The van der Waals surface area contributed by atoms with E-state index in [1.54, 1.807) is 0 Å². The Balaban J connectivity index is 0. The molecule has 0 aliphatic heterocycles. The molecule has 5 nitrogen and oxygen atoms in total. The maximum absolute atomic E-state index is 8.88. The summed E-state index contributed by atoms with van der Waals surface area (Å²) < 4.78 is 8.88. The third-order valence-electron chi connectivity index (χ3n) is 0. The highest BCUT2D eigenvalue weighted by molar-refractivity contribution is 7.45. The van der Waals surface area contributed by atoms with Crippen LogP contribution < -0.4 is 6.15 Å². The zero-order chi connectivity index (χ0) is 4.50. The summed E-state index contributed by atoms with van der Waals surface area (Å²) in [5.74, 6) is 0. The van der Waals surface area contributed by atoms with Crippen molar-refractivity contribution in [2.24, 2.45) is 0 Å². The van der Waals surface area contributed by atoms with Crippen LogP contribution in [0.15, 0.2) is 0 Å². The number of rotatable bonds is 0. The molecule has 0 aromatic heterocycles. The van der Waals surface area contributed by atoms with Crippen molar-refractivity contribution in [3.05, 3.63) is 0 Å². The summed E-state index contributed by atoms with van der Waals surface area (Å²) in [6.45, 7) is 0. The smallest absolute Gasteiger partial charge is 0.344 e. The summed E-state index contributed by atoms with van der Waals surface area (Å²) in [7, 11) is -4.64. The first-order valence-corrected chi connectivity index (χ1v) is 2.35. The monoisotopic (exact) mass is 116 g/mol. The molecule has 6 heteroatoms. The minimum atomic E-state index is -4.64. The SMILES string of the molecule is O=P(O)(O)O.[15NH3]. The van der Waals surface area contributed by atoms with E-state index in [-0.39, 0.29) is 6.15 Å². The second kappa shape index (κ2) is 2.28. The lowest BCUT2D eigenvalue weighted by molar-refractivity contribution is 0.275. The van der Waals surface area contributed by atoms with Crippen LogP contribution in [0.4, 0.5) is 0 Å². The maximum Gasteiger partial charge on any atom is 0.466 e. The van der Waals surface area contributed by atoms with Gasteiger partial charge in [-0.15, -0.1) is 0 Å². The van der Waals surface area contributed by atoms with Crippen molar-refractivity contribution in [3.63, 3.8) is 0 Å². The molecule has 0 unspecified atom stereocenters. The second-order valence-electron chi connectivity index (χ2n) is 0.513.